The predicted octanol–water partition coefficient (Wildman–Crippen LogP) is 0.208. The zero-order chi connectivity index (χ0) is 13.1. The van der Waals surface area contributed by atoms with Gasteiger partial charge in [-0.2, -0.15) is 0 Å². The number of rotatable bonds is 2. The number of carbonyl (C=O) groups excluding carboxylic acids is 2. The number of hydrogen-bond acceptors (Lipinski definition) is 3. The molecule has 2 fully saturated rings. The highest BCUT2D eigenvalue weighted by Gasteiger charge is 2.28. The molecule has 2 amide bonds. The van der Waals surface area contributed by atoms with Crippen molar-refractivity contribution >= 4 is 11.8 Å². The third-order valence-electron chi connectivity index (χ3n) is 4.05. The largest absolute Gasteiger partial charge is 0.343 e. The van der Waals surface area contributed by atoms with Crippen LogP contribution in [0.4, 0.5) is 0 Å². The normalized spacial score (nSPS) is 25.6. The molecule has 1 atom stereocenters. The SMILES string of the molecule is CC(=O)N1CCC(NC2CCN(C(C)=O)C2)CC1. The fourth-order valence-corrected chi connectivity index (χ4v) is 2.88. The number of amides is 2. The Morgan fingerprint density at radius 1 is 0.889 bits per heavy atom. The maximum absolute atomic E-state index is 11.3. The van der Waals surface area contributed by atoms with Crippen LogP contribution in [0, 0.1) is 0 Å². The molecule has 2 aliphatic heterocycles. The van der Waals surface area contributed by atoms with E-state index in [2.05, 4.69) is 5.32 Å². The Hall–Kier alpha value is -1.10. The van der Waals surface area contributed by atoms with Crippen LogP contribution in [0.1, 0.15) is 33.1 Å². The van der Waals surface area contributed by atoms with Gasteiger partial charge in [-0.1, -0.05) is 0 Å². The third kappa shape index (κ3) is 3.22. The van der Waals surface area contributed by atoms with Crippen molar-refractivity contribution in [3.8, 4) is 0 Å². The average Bonchev–Trinajstić information content (AvgIpc) is 2.78. The van der Waals surface area contributed by atoms with Gasteiger partial charge in [0.05, 0.1) is 0 Å². The van der Waals surface area contributed by atoms with E-state index in [0.29, 0.717) is 12.1 Å². The first kappa shape index (κ1) is 13.3. The molecular formula is C13H23N3O2. The minimum Gasteiger partial charge on any atom is -0.343 e. The Balaban J connectivity index is 1.72. The first-order chi connectivity index (χ1) is 8.56. The monoisotopic (exact) mass is 253 g/mol. The summed E-state index contributed by atoms with van der Waals surface area (Å²) < 4.78 is 0. The van der Waals surface area contributed by atoms with Crippen molar-refractivity contribution in [1.29, 1.82) is 0 Å². The Labute approximate surface area is 108 Å². The molecule has 18 heavy (non-hydrogen) atoms. The molecule has 1 unspecified atom stereocenters. The van der Waals surface area contributed by atoms with Crippen molar-refractivity contribution in [2.45, 2.75) is 45.2 Å². The number of hydrogen-bond donors (Lipinski definition) is 1. The average molecular weight is 253 g/mol. The summed E-state index contributed by atoms with van der Waals surface area (Å²) in [5.74, 6) is 0.350. The van der Waals surface area contributed by atoms with Crippen LogP contribution in [0.2, 0.25) is 0 Å². The number of likely N-dealkylation sites (tertiary alicyclic amines) is 2. The number of nitrogens with zero attached hydrogens (tertiary/aromatic N) is 2. The van der Waals surface area contributed by atoms with Gasteiger partial charge in [0, 0.05) is 52.1 Å². The standard InChI is InChI=1S/C13H23N3O2/c1-10(17)15-6-3-12(4-7-15)14-13-5-8-16(9-13)11(2)18/h12-14H,3-9H2,1-2H3. The van der Waals surface area contributed by atoms with Gasteiger partial charge in [-0.25, -0.2) is 0 Å². The van der Waals surface area contributed by atoms with Crippen LogP contribution < -0.4 is 5.32 Å². The molecule has 0 aliphatic carbocycles. The molecule has 0 aromatic rings. The molecule has 2 saturated heterocycles. The van der Waals surface area contributed by atoms with Crippen LogP contribution >= 0.6 is 0 Å². The molecule has 0 saturated carbocycles. The van der Waals surface area contributed by atoms with Crippen molar-refractivity contribution < 1.29 is 9.59 Å². The van der Waals surface area contributed by atoms with Crippen molar-refractivity contribution in [2.75, 3.05) is 26.2 Å². The molecule has 1 N–H and O–H groups in total. The number of piperidine rings is 1. The summed E-state index contributed by atoms with van der Waals surface area (Å²) in [5.41, 5.74) is 0. The summed E-state index contributed by atoms with van der Waals surface area (Å²) in [6.07, 6.45) is 3.10. The van der Waals surface area contributed by atoms with Gasteiger partial charge in [0.1, 0.15) is 0 Å². The predicted molar refractivity (Wildman–Crippen MR) is 69.1 cm³/mol. The first-order valence-electron chi connectivity index (χ1n) is 6.83. The molecule has 0 radical (unpaired) electrons. The van der Waals surface area contributed by atoms with E-state index < -0.39 is 0 Å². The molecule has 0 aromatic carbocycles. The highest BCUT2D eigenvalue weighted by molar-refractivity contribution is 5.73. The second kappa shape index (κ2) is 5.69. The van der Waals surface area contributed by atoms with Crippen molar-refractivity contribution in [3.05, 3.63) is 0 Å². The molecule has 0 aromatic heterocycles. The minimum absolute atomic E-state index is 0.172. The Morgan fingerprint density at radius 3 is 1.89 bits per heavy atom. The molecule has 0 spiro atoms. The Bertz CT molecular complexity index is 324. The van der Waals surface area contributed by atoms with Crippen LogP contribution in [0.15, 0.2) is 0 Å². The van der Waals surface area contributed by atoms with E-state index in [4.69, 9.17) is 0 Å². The lowest BCUT2D eigenvalue weighted by Crippen LogP contribution is -2.48. The fraction of sp³-hybridized carbons (Fsp3) is 0.846. The molecule has 102 valence electrons. The van der Waals surface area contributed by atoms with Gasteiger partial charge in [0.2, 0.25) is 11.8 Å². The summed E-state index contributed by atoms with van der Waals surface area (Å²) in [5, 5.41) is 3.63. The van der Waals surface area contributed by atoms with Gasteiger partial charge in [-0.05, 0) is 19.3 Å². The van der Waals surface area contributed by atoms with Gasteiger partial charge in [0.25, 0.3) is 0 Å². The van der Waals surface area contributed by atoms with Crippen LogP contribution in [-0.4, -0.2) is 59.9 Å². The summed E-state index contributed by atoms with van der Waals surface area (Å²) in [7, 11) is 0. The molecule has 5 heteroatoms. The van der Waals surface area contributed by atoms with Crippen molar-refractivity contribution in [1.82, 2.24) is 15.1 Å². The lowest BCUT2D eigenvalue weighted by atomic mass is 10.0. The Kier molecular flexibility index (Phi) is 4.22. The van der Waals surface area contributed by atoms with Crippen LogP contribution in [0.3, 0.4) is 0 Å². The molecule has 2 heterocycles. The van der Waals surface area contributed by atoms with Crippen molar-refractivity contribution in [3.63, 3.8) is 0 Å². The molecule has 2 aliphatic rings. The van der Waals surface area contributed by atoms with E-state index >= 15 is 0 Å². The molecule has 2 rings (SSSR count). The first-order valence-corrected chi connectivity index (χ1v) is 6.83. The summed E-state index contributed by atoms with van der Waals surface area (Å²) in [4.78, 5) is 26.3. The third-order valence-corrected chi connectivity index (χ3v) is 4.05. The quantitative estimate of drug-likeness (QED) is 0.765. The van der Waals surface area contributed by atoms with Crippen LogP contribution in [-0.2, 0) is 9.59 Å². The van der Waals surface area contributed by atoms with Gasteiger partial charge >= 0.3 is 0 Å². The minimum atomic E-state index is 0.172. The lowest BCUT2D eigenvalue weighted by molar-refractivity contribution is -0.130. The summed E-state index contributed by atoms with van der Waals surface area (Å²) >= 11 is 0. The van der Waals surface area contributed by atoms with E-state index in [9.17, 15) is 9.59 Å². The van der Waals surface area contributed by atoms with Crippen LogP contribution in [0.5, 0.6) is 0 Å². The van der Waals surface area contributed by atoms with E-state index in [1.807, 2.05) is 9.80 Å². The number of nitrogens with one attached hydrogen (secondary N) is 1. The summed E-state index contributed by atoms with van der Waals surface area (Å²) in [6.45, 7) is 6.69. The molecule has 0 bridgehead atoms. The zero-order valence-electron chi connectivity index (χ0n) is 11.3. The maximum atomic E-state index is 11.3. The molecule has 5 nitrogen and oxygen atoms in total. The van der Waals surface area contributed by atoms with Gasteiger partial charge in [-0.15, -0.1) is 0 Å². The van der Waals surface area contributed by atoms with Gasteiger partial charge in [0.15, 0.2) is 0 Å². The van der Waals surface area contributed by atoms with Crippen LogP contribution in [0.25, 0.3) is 0 Å². The van der Waals surface area contributed by atoms with E-state index in [1.54, 1.807) is 13.8 Å². The lowest BCUT2D eigenvalue weighted by Gasteiger charge is -2.33. The smallest absolute Gasteiger partial charge is 0.219 e. The fourth-order valence-electron chi connectivity index (χ4n) is 2.88. The van der Waals surface area contributed by atoms with E-state index in [-0.39, 0.29) is 11.8 Å². The molecular weight excluding hydrogens is 230 g/mol. The van der Waals surface area contributed by atoms with Gasteiger partial charge in [-0.3, -0.25) is 9.59 Å². The highest BCUT2D eigenvalue weighted by atomic mass is 16.2. The highest BCUT2D eigenvalue weighted by Crippen LogP contribution is 2.15. The van der Waals surface area contributed by atoms with E-state index in [1.165, 1.54) is 0 Å². The van der Waals surface area contributed by atoms with E-state index in [0.717, 1.165) is 45.4 Å². The number of carbonyl (C=O) groups is 2. The summed E-state index contributed by atoms with van der Waals surface area (Å²) in [6, 6.07) is 0.931. The topological polar surface area (TPSA) is 52.7 Å². The maximum Gasteiger partial charge on any atom is 0.219 e. The second-order valence-corrected chi connectivity index (χ2v) is 5.40. The zero-order valence-corrected chi connectivity index (χ0v) is 11.3. The van der Waals surface area contributed by atoms with Crippen molar-refractivity contribution in [2.24, 2.45) is 0 Å². The Morgan fingerprint density at radius 2 is 1.39 bits per heavy atom. The van der Waals surface area contributed by atoms with Gasteiger partial charge < -0.3 is 15.1 Å². The second-order valence-electron chi connectivity index (χ2n) is 5.40.